The molecule has 0 aliphatic carbocycles. The quantitative estimate of drug-likeness (QED) is 0.480. The van der Waals surface area contributed by atoms with Crippen LogP contribution in [0.1, 0.15) is 0 Å². The molecule has 0 aliphatic heterocycles. The maximum atomic E-state index is 9.63. The fourth-order valence-electron chi connectivity index (χ4n) is 0.173. The second-order valence-electron chi connectivity index (χ2n) is 1.43. The van der Waals surface area contributed by atoms with Crippen LogP contribution in [0.3, 0.4) is 0 Å². The van der Waals surface area contributed by atoms with Crippen molar-refractivity contribution in [1.29, 1.82) is 0 Å². The SMILES string of the molecule is O=P([O-])([O-])C(O)P(=O)([O-])[O-].[Pt+4]. The van der Waals surface area contributed by atoms with Crippen LogP contribution in [0.15, 0.2) is 0 Å². The number of aliphatic hydroxyl groups is 1. The Morgan fingerprint density at radius 1 is 1.00 bits per heavy atom. The van der Waals surface area contributed by atoms with Crippen LogP contribution >= 0.6 is 15.2 Å². The molecule has 0 unspecified atom stereocenters. The van der Waals surface area contributed by atoms with E-state index >= 15 is 0 Å². The van der Waals surface area contributed by atoms with Gasteiger partial charge in [0.15, 0.2) is 0 Å². The van der Waals surface area contributed by atoms with Crippen molar-refractivity contribution in [3.05, 3.63) is 0 Å². The predicted molar refractivity (Wildman–Crippen MR) is 21.2 cm³/mol. The summed E-state index contributed by atoms with van der Waals surface area (Å²) in [6.45, 7) is 0. The van der Waals surface area contributed by atoms with Crippen LogP contribution in [0.5, 0.6) is 0 Å². The van der Waals surface area contributed by atoms with Crippen molar-refractivity contribution in [1.82, 2.24) is 0 Å². The molecule has 0 amide bonds. The van der Waals surface area contributed by atoms with Gasteiger partial charge in [-0.15, -0.1) is 0 Å². The molecule has 0 saturated carbocycles. The van der Waals surface area contributed by atoms with Gasteiger partial charge in [-0.1, -0.05) is 0 Å². The first kappa shape index (κ1) is 14.5. The molecule has 0 bridgehead atoms. The summed E-state index contributed by atoms with van der Waals surface area (Å²) in [5.41, 5.74) is -3.35. The number of rotatable bonds is 2. The molecule has 0 atom stereocenters. The Morgan fingerprint density at radius 3 is 1.18 bits per heavy atom. The fraction of sp³-hybridized carbons (Fsp3) is 1.00. The van der Waals surface area contributed by atoms with E-state index in [0.717, 1.165) is 0 Å². The Kier molecular flexibility index (Phi) is 5.60. The molecule has 7 nitrogen and oxygen atoms in total. The Bertz CT molecular complexity index is 178. The Balaban J connectivity index is 0. The van der Waals surface area contributed by atoms with E-state index in [4.69, 9.17) is 5.11 Å². The number of hydrogen-bond acceptors (Lipinski definition) is 7. The maximum absolute atomic E-state index is 9.63. The summed E-state index contributed by atoms with van der Waals surface area (Å²) in [5, 5.41) is 7.95. The van der Waals surface area contributed by atoms with Crippen LogP contribution in [0, 0.1) is 0 Å². The van der Waals surface area contributed by atoms with Crippen LogP contribution in [0.2, 0.25) is 0 Å². The molecule has 68 valence electrons. The summed E-state index contributed by atoms with van der Waals surface area (Å²) in [4.78, 5) is 38.5. The molecular formula is CH2O7P2Pt. The van der Waals surface area contributed by atoms with Crippen LogP contribution in [-0.4, -0.2) is 10.7 Å². The fourth-order valence-corrected chi connectivity index (χ4v) is 1.56. The van der Waals surface area contributed by atoms with E-state index in [1.807, 2.05) is 0 Å². The topological polar surface area (TPSA) is 147 Å². The van der Waals surface area contributed by atoms with Gasteiger partial charge in [-0.05, 0) is 15.2 Å². The van der Waals surface area contributed by atoms with E-state index in [1.165, 1.54) is 0 Å². The van der Waals surface area contributed by atoms with E-state index in [0.29, 0.717) is 0 Å². The monoisotopic (exact) mass is 383 g/mol. The first-order valence-electron chi connectivity index (χ1n) is 1.87. The minimum absolute atomic E-state index is 0. The standard InChI is InChI=1S/CH6O7P2.Pt/c2-1(9(3,4)5)10(6,7)8;/h1-2H,(H2,3,4,5)(H2,6,7,8);/q;+4/p-4. The van der Waals surface area contributed by atoms with Crippen LogP contribution < -0.4 is 19.6 Å². The third kappa shape index (κ3) is 5.23. The second-order valence-corrected chi connectivity index (χ2v) is 4.97. The molecule has 0 aromatic rings. The van der Waals surface area contributed by atoms with E-state index in [-0.39, 0.29) is 21.1 Å². The molecule has 0 aromatic heterocycles. The summed E-state index contributed by atoms with van der Waals surface area (Å²) in [6.07, 6.45) is 0. The van der Waals surface area contributed by atoms with Gasteiger partial charge in [-0.3, -0.25) is 0 Å². The van der Waals surface area contributed by atoms with Crippen molar-refractivity contribution >= 4 is 15.2 Å². The predicted octanol–water partition coefficient (Wildman–Crippen LogP) is -3.91. The Morgan fingerprint density at radius 2 is 1.18 bits per heavy atom. The van der Waals surface area contributed by atoms with Crippen molar-refractivity contribution in [2.75, 3.05) is 0 Å². The van der Waals surface area contributed by atoms with E-state index in [2.05, 4.69) is 0 Å². The molecular weight excluding hydrogens is 381 g/mol. The summed E-state index contributed by atoms with van der Waals surface area (Å²) < 4.78 is 19.3. The molecule has 0 saturated heterocycles. The van der Waals surface area contributed by atoms with Crippen molar-refractivity contribution < 1.29 is 54.9 Å². The van der Waals surface area contributed by atoms with Gasteiger partial charge in [-0.2, -0.15) is 0 Å². The maximum Gasteiger partial charge on any atom is 4.00 e. The Labute approximate surface area is 76.0 Å². The van der Waals surface area contributed by atoms with Crippen LogP contribution in [0.4, 0.5) is 0 Å². The molecule has 0 spiro atoms. The molecule has 11 heavy (non-hydrogen) atoms. The average molecular weight is 383 g/mol. The average Bonchev–Trinajstić information content (AvgIpc) is 1.59. The van der Waals surface area contributed by atoms with Crippen molar-refractivity contribution in [2.45, 2.75) is 5.59 Å². The summed E-state index contributed by atoms with van der Waals surface area (Å²) in [5.74, 6) is 0. The van der Waals surface area contributed by atoms with Crippen molar-refractivity contribution in [3.8, 4) is 0 Å². The third-order valence-corrected chi connectivity index (χ3v) is 3.39. The van der Waals surface area contributed by atoms with Gasteiger partial charge < -0.3 is 33.8 Å². The molecule has 0 heterocycles. The third-order valence-electron chi connectivity index (χ3n) is 0.566. The van der Waals surface area contributed by atoms with E-state index in [9.17, 15) is 28.7 Å². The van der Waals surface area contributed by atoms with Crippen LogP contribution in [0.25, 0.3) is 0 Å². The number of aliphatic hydroxyl groups excluding tert-OH is 1. The van der Waals surface area contributed by atoms with E-state index < -0.39 is 20.8 Å². The molecule has 0 fully saturated rings. The first-order valence-corrected chi connectivity index (χ1v) is 5.09. The molecule has 1 N–H and O–H groups in total. The van der Waals surface area contributed by atoms with Gasteiger partial charge in [0.1, 0.15) is 5.59 Å². The zero-order chi connectivity index (χ0) is 8.58. The summed E-state index contributed by atoms with van der Waals surface area (Å²) in [7, 11) is -11.4. The van der Waals surface area contributed by atoms with Crippen molar-refractivity contribution in [2.24, 2.45) is 0 Å². The second kappa shape index (κ2) is 4.26. The van der Waals surface area contributed by atoms with Gasteiger partial charge in [-0.25, -0.2) is 0 Å². The molecule has 0 aromatic carbocycles. The normalized spacial score (nSPS) is 12.9. The zero-order valence-corrected chi connectivity index (χ0v) is 8.75. The van der Waals surface area contributed by atoms with Gasteiger partial charge in [0.2, 0.25) is 0 Å². The molecule has 10 heteroatoms. The molecule has 0 rings (SSSR count). The van der Waals surface area contributed by atoms with Gasteiger partial charge in [0.25, 0.3) is 0 Å². The van der Waals surface area contributed by atoms with Gasteiger partial charge >= 0.3 is 21.1 Å². The Hall–Kier alpha value is 0.948. The minimum atomic E-state index is -5.71. The van der Waals surface area contributed by atoms with Gasteiger partial charge in [0, 0.05) is 0 Å². The molecule has 0 radical (unpaired) electrons. The van der Waals surface area contributed by atoms with Crippen molar-refractivity contribution in [3.63, 3.8) is 0 Å². The van der Waals surface area contributed by atoms with Gasteiger partial charge in [0.05, 0.1) is 0 Å². The molecule has 0 aliphatic rings. The van der Waals surface area contributed by atoms with E-state index in [1.54, 1.807) is 0 Å². The largest absolute Gasteiger partial charge is 4.00 e. The minimum Gasteiger partial charge on any atom is -0.809 e. The number of hydrogen-bond donors (Lipinski definition) is 1. The summed E-state index contributed by atoms with van der Waals surface area (Å²) >= 11 is 0. The zero-order valence-electron chi connectivity index (χ0n) is 4.68. The first-order chi connectivity index (χ1) is 4.15. The van der Waals surface area contributed by atoms with Crippen LogP contribution in [-0.2, 0) is 30.2 Å². The summed E-state index contributed by atoms with van der Waals surface area (Å²) in [6, 6.07) is 0. The smallest absolute Gasteiger partial charge is 0.809 e.